The van der Waals surface area contributed by atoms with Gasteiger partial charge in [-0.25, -0.2) is 4.68 Å². The Morgan fingerprint density at radius 2 is 2.00 bits per heavy atom. The summed E-state index contributed by atoms with van der Waals surface area (Å²) in [5, 5.41) is 7.64. The standard InChI is InChI=1S/C14H16F3N3O3S/c1-2-3-4-7-11(23-24(21,22)14(15,16)17)10-20-13-9-6-5-8-12(13)18-19-20/h5-6,8-10H,2-4,7H2,1H3/b11-10+. The Morgan fingerprint density at radius 3 is 2.67 bits per heavy atom. The zero-order valence-corrected chi connectivity index (χ0v) is 13.6. The number of alkyl halides is 3. The van der Waals surface area contributed by atoms with Crippen LogP contribution in [0, 0.1) is 0 Å². The van der Waals surface area contributed by atoms with E-state index in [1.165, 1.54) is 4.68 Å². The molecule has 0 saturated carbocycles. The van der Waals surface area contributed by atoms with Gasteiger partial charge in [-0.1, -0.05) is 37.1 Å². The second-order valence-corrected chi connectivity index (χ2v) is 6.60. The molecule has 2 rings (SSSR count). The number of hydrogen-bond acceptors (Lipinski definition) is 5. The number of nitrogens with zero attached hydrogens (tertiary/aromatic N) is 3. The van der Waals surface area contributed by atoms with Gasteiger partial charge < -0.3 is 4.18 Å². The molecule has 0 aliphatic heterocycles. The fourth-order valence-electron chi connectivity index (χ4n) is 1.98. The fourth-order valence-corrected chi connectivity index (χ4v) is 2.49. The zero-order valence-electron chi connectivity index (χ0n) is 12.8. The summed E-state index contributed by atoms with van der Waals surface area (Å²) < 4.78 is 65.6. The highest BCUT2D eigenvalue weighted by Crippen LogP contribution is 2.28. The van der Waals surface area contributed by atoms with Gasteiger partial charge >= 0.3 is 15.6 Å². The Bertz CT molecular complexity index is 828. The summed E-state index contributed by atoms with van der Waals surface area (Å²) in [4.78, 5) is 0. The maximum Gasteiger partial charge on any atom is 0.534 e. The first-order valence-electron chi connectivity index (χ1n) is 7.26. The summed E-state index contributed by atoms with van der Waals surface area (Å²) >= 11 is 0. The third kappa shape index (κ3) is 4.25. The van der Waals surface area contributed by atoms with Crippen LogP contribution in [0.3, 0.4) is 0 Å². The molecular weight excluding hydrogens is 347 g/mol. The van der Waals surface area contributed by atoms with Crippen molar-refractivity contribution in [3.05, 3.63) is 30.0 Å². The lowest BCUT2D eigenvalue weighted by atomic mass is 10.2. The average Bonchev–Trinajstić information content (AvgIpc) is 2.89. The molecule has 0 saturated heterocycles. The van der Waals surface area contributed by atoms with Crippen LogP contribution in [0.15, 0.2) is 30.0 Å². The second-order valence-electron chi connectivity index (χ2n) is 5.06. The van der Waals surface area contributed by atoms with Crippen LogP contribution in [0.1, 0.15) is 32.6 Å². The minimum absolute atomic E-state index is 0.0390. The molecule has 10 heteroatoms. The maximum atomic E-state index is 12.5. The topological polar surface area (TPSA) is 74.1 Å². The van der Waals surface area contributed by atoms with Crippen molar-refractivity contribution >= 4 is 27.4 Å². The lowest BCUT2D eigenvalue weighted by Crippen LogP contribution is -2.25. The predicted octanol–water partition coefficient (Wildman–Crippen LogP) is 3.68. The molecule has 0 aliphatic rings. The van der Waals surface area contributed by atoms with Crippen LogP contribution in [0.4, 0.5) is 13.2 Å². The number of fused-ring (bicyclic) bond motifs is 1. The smallest absolute Gasteiger partial charge is 0.379 e. The highest BCUT2D eigenvalue weighted by molar-refractivity contribution is 7.87. The van der Waals surface area contributed by atoms with Gasteiger partial charge in [0.1, 0.15) is 11.3 Å². The first kappa shape index (κ1) is 18.2. The van der Waals surface area contributed by atoms with E-state index in [2.05, 4.69) is 14.5 Å². The van der Waals surface area contributed by atoms with Crippen molar-refractivity contribution in [2.45, 2.75) is 38.1 Å². The van der Waals surface area contributed by atoms with Crippen molar-refractivity contribution < 1.29 is 25.8 Å². The van der Waals surface area contributed by atoms with Crippen molar-refractivity contribution in [3.63, 3.8) is 0 Å². The van der Waals surface area contributed by atoms with E-state index in [1.54, 1.807) is 24.3 Å². The fraction of sp³-hybridized carbons (Fsp3) is 0.429. The van der Waals surface area contributed by atoms with Crippen LogP contribution in [0.25, 0.3) is 17.2 Å². The van der Waals surface area contributed by atoms with Crippen LogP contribution in [0.2, 0.25) is 0 Å². The summed E-state index contributed by atoms with van der Waals surface area (Å²) in [6.07, 6.45) is 3.20. The van der Waals surface area contributed by atoms with Crippen LogP contribution in [0.5, 0.6) is 0 Å². The molecule has 24 heavy (non-hydrogen) atoms. The Labute approximate surface area is 137 Å². The number of aromatic nitrogens is 3. The van der Waals surface area contributed by atoms with E-state index in [0.29, 0.717) is 17.5 Å². The van der Waals surface area contributed by atoms with Gasteiger partial charge in [-0.3, -0.25) is 0 Å². The Hall–Kier alpha value is -2.10. The molecule has 1 aromatic heterocycles. The molecule has 0 atom stereocenters. The van der Waals surface area contributed by atoms with Gasteiger partial charge in [-0.2, -0.15) is 21.6 Å². The summed E-state index contributed by atoms with van der Waals surface area (Å²) in [6, 6.07) is 6.78. The molecule has 0 unspecified atom stereocenters. The Balaban J connectivity index is 2.35. The number of allylic oxidation sites excluding steroid dienone is 1. The maximum absolute atomic E-state index is 12.5. The van der Waals surface area contributed by atoms with Gasteiger partial charge in [0.2, 0.25) is 0 Å². The summed E-state index contributed by atoms with van der Waals surface area (Å²) in [6.45, 7) is 1.92. The largest absolute Gasteiger partial charge is 0.534 e. The van der Waals surface area contributed by atoms with Gasteiger partial charge in [-0.15, -0.1) is 5.10 Å². The molecular formula is C14H16F3N3O3S. The summed E-state index contributed by atoms with van der Waals surface area (Å²) in [7, 11) is -5.72. The number of unbranched alkanes of at least 4 members (excludes halogenated alkanes) is 2. The number of hydrogen-bond donors (Lipinski definition) is 0. The van der Waals surface area contributed by atoms with E-state index in [1.807, 2.05) is 6.92 Å². The van der Waals surface area contributed by atoms with Crippen LogP contribution in [-0.4, -0.2) is 28.9 Å². The summed E-state index contributed by atoms with van der Waals surface area (Å²) in [5.41, 5.74) is -4.43. The highest BCUT2D eigenvalue weighted by Gasteiger charge is 2.48. The van der Waals surface area contributed by atoms with Gasteiger partial charge in [0.25, 0.3) is 0 Å². The minimum atomic E-state index is -5.72. The molecule has 0 N–H and O–H groups in total. The number of rotatable bonds is 7. The van der Waals surface area contributed by atoms with E-state index < -0.39 is 15.6 Å². The van der Waals surface area contributed by atoms with Gasteiger partial charge in [0.05, 0.1) is 11.7 Å². The molecule has 0 aliphatic carbocycles. The van der Waals surface area contributed by atoms with E-state index in [-0.39, 0.29) is 12.2 Å². The van der Waals surface area contributed by atoms with Gasteiger partial charge in [0.15, 0.2) is 0 Å². The number of halogens is 3. The van der Waals surface area contributed by atoms with Crippen LogP contribution < -0.4 is 0 Å². The average molecular weight is 363 g/mol. The van der Waals surface area contributed by atoms with E-state index in [0.717, 1.165) is 19.0 Å². The van der Waals surface area contributed by atoms with Crippen LogP contribution >= 0.6 is 0 Å². The van der Waals surface area contributed by atoms with Gasteiger partial charge in [-0.05, 0) is 18.6 Å². The van der Waals surface area contributed by atoms with E-state index in [4.69, 9.17) is 0 Å². The zero-order chi connectivity index (χ0) is 17.8. The predicted molar refractivity (Wildman–Crippen MR) is 82.0 cm³/mol. The molecule has 0 radical (unpaired) electrons. The lowest BCUT2D eigenvalue weighted by Gasteiger charge is -2.12. The van der Waals surface area contributed by atoms with Crippen molar-refractivity contribution in [1.29, 1.82) is 0 Å². The molecule has 132 valence electrons. The molecule has 0 spiro atoms. The highest BCUT2D eigenvalue weighted by atomic mass is 32.2. The number of benzene rings is 1. The molecule has 2 aromatic rings. The quantitative estimate of drug-likeness (QED) is 0.325. The lowest BCUT2D eigenvalue weighted by molar-refractivity contribution is -0.0523. The molecule has 0 fully saturated rings. The van der Waals surface area contributed by atoms with Crippen molar-refractivity contribution in [2.24, 2.45) is 0 Å². The number of para-hydroxylation sites is 1. The SMILES string of the molecule is CCCCC/C(=C\n1nnc2ccccc21)OS(=O)(=O)C(F)(F)F. The molecule has 1 heterocycles. The molecule has 6 nitrogen and oxygen atoms in total. The molecule has 1 aromatic carbocycles. The first-order valence-corrected chi connectivity index (χ1v) is 8.67. The molecule has 0 amide bonds. The monoisotopic (exact) mass is 363 g/mol. The third-order valence-electron chi connectivity index (χ3n) is 3.17. The van der Waals surface area contributed by atoms with Crippen molar-refractivity contribution in [1.82, 2.24) is 15.0 Å². The second kappa shape index (κ2) is 7.20. The van der Waals surface area contributed by atoms with Crippen LogP contribution in [-0.2, 0) is 14.3 Å². The Morgan fingerprint density at radius 1 is 1.29 bits per heavy atom. The van der Waals surface area contributed by atoms with E-state index in [9.17, 15) is 21.6 Å². The third-order valence-corrected chi connectivity index (χ3v) is 4.17. The molecule has 0 bridgehead atoms. The summed E-state index contributed by atoms with van der Waals surface area (Å²) in [5.74, 6) is -0.337. The minimum Gasteiger partial charge on any atom is -0.379 e. The normalized spacial score (nSPS) is 13.4. The van der Waals surface area contributed by atoms with Gasteiger partial charge in [0, 0.05) is 6.42 Å². The Kier molecular flexibility index (Phi) is 5.47. The van der Waals surface area contributed by atoms with Crippen molar-refractivity contribution in [2.75, 3.05) is 0 Å². The van der Waals surface area contributed by atoms with E-state index >= 15 is 0 Å². The first-order chi connectivity index (χ1) is 11.2. The van der Waals surface area contributed by atoms with Crippen molar-refractivity contribution in [3.8, 4) is 0 Å².